The average molecular weight is 806 g/mol. The van der Waals surface area contributed by atoms with E-state index in [1.54, 1.807) is 6.08 Å². The van der Waals surface area contributed by atoms with Gasteiger partial charge in [-0.1, -0.05) is 283 Å². The van der Waals surface area contributed by atoms with Crippen molar-refractivity contribution in [1.29, 1.82) is 0 Å². The Morgan fingerprint density at radius 1 is 0.421 bits per heavy atom. The van der Waals surface area contributed by atoms with E-state index in [9.17, 15) is 20.1 Å². The van der Waals surface area contributed by atoms with Crippen molar-refractivity contribution in [3.05, 3.63) is 12.2 Å². The summed E-state index contributed by atoms with van der Waals surface area (Å²) in [5.41, 5.74) is 0. The number of rotatable bonds is 48. The highest BCUT2D eigenvalue weighted by Crippen LogP contribution is 2.17. The molecule has 0 heterocycles. The molecule has 0 aromatic heterocycles. The number of hydrogen-bond donors (Lipinski definition) is 4. The van der Waals surface area contributed by atoms with Gasteiger partial charge >= 0.3 is 0 Å². The Hall–Kier alpha value is -0.910. The normalized spacial score (nSPS) is 13.4. The van der Waals surface area contributed by atoms with Crippen LogP contribution in [0.3, 0.4) is 0 Å². The SMILES string of the molecule is CCCCCCCCCCCCCC/C=C/C(O)C(CO)NC(=O)C(O)CCCCCCCCCCCCCCCCCCCCCCCCCCCCCCC. The zero-order valence-electron chi connectivity index (χ0n) is 38.7. The molecule has 1 amide bonds. The molecule has 0 aliphatic rings. The molecule has 3 unspecified atom stereocenters. The van der Waals surface area contributed by atoms with Crippen molar-refractivity contribution in [2.24, 2.45) is 0 Å². The van der Waals surface area contributed by atoms with Gasteiger partial charge in [0, 0.05) is 0 Å². The van der Waals surface area contributed by atoms with Crippen molar-refractivity contribution in [2.45, 2.75) is 308 Å². The molecule has 4 N–H and O–H groups in total. The molecule has 0 aromatic rings. The summed E-state index contributed by atoms with van der Waals surface area (Å²) in [5.74, 6) is -0.498. The Bertz CT molecular complexity index is 803. The molecule has 5 heteroatoms. The number of carbonyl (C=O) groups excluding carboxylic acids is 1. The van der Waals surface area contributed by atoms with Crippen LogP contribution in [0.15, 0.2) is 12.2 Å². The van der Waals surface area contributed by atoms with Crippen LogP contribution in [0.1, 0.15) is 290 Å². The Labute approximate surface area is 357 Å². The van der Waals surface area contributed by atoms with Gasteiger partial charge in [0.25, 0.3) is 0 Å². The first kappa shape index (κ1) is 56.1. The molecular formula is C52H103NO4. The van der Waals surface area contributed by atoms with Crippen molar-refractivity contribution in [3.63, 3.8) is 0 Å². The first-order chi connectivity index (χ1) is 28.1. The Morgan fingerprint density at radius 3 is 0.965 bits per heavy atom. The average Bonchev–Trinajstić information content (AvgIpc) is 3.22. The fraction of sp³-hybridized carbons (Fsp3) is 0.942. The van der Waals surface area contributed by atoms with E-state index in [-0.39, 0.29) is 6.61 Å². The lowest BCUT2D eigenvalue weighted by Gasteiger charge is -2.21. The predicted octanol–water partition coefficient (Wildman–Crippen LogP) is 15.6. The van der Waals surface area contributed by atoms with Crippen LogP contribution in [-0.4, -0.2) is 46.1 Å². The van der Waals surface area contributed by atoms with Gasteiger partial charge in [-0.2, -0.15) is 0 Å². The molecule has 0 spiro atoms. The number of carbonyl (C=O) groups is 1. The quantitative estimate of drug-likeness (QED) is 0.0364. The molecule has 0 radical (unpaired) electrons. The highest BCUT2D eigenvalue weighted by molar-refractivity contribution is 5.80. The van der Waals surface area contributed by atoms with Crippen LogP contribution in [0.25, 0.3) is 0 Å². The van der Waals surface area contributed by atoms with Gasteiger partial charge in [-0.15, -0.1) is 0 Å². The van der Waals surface area contributed by atoms with Crippen molar-refractivity contribution < 1.29 is 20.1 Å². The van der Waals surface area contributed by atoms with Crippen molar-refractivity contribution >= 4 is 5.91 Å². The first-order valence-corrected chi connectivity index (χ1v) is 26.0. The maximum atomic E-state index is 12.5. The number of aliphatic hydroxyl groups excluding tert-OH is 3. The third kappa shape index (κ3) is 43.0. The molecule has 0 aromatic carbocycles. The van der Waals surface area contributed by atoms with Crippen molar-refractivity contribution in [3.8, 4) is 0 Å². The second-order valence-corrected chi connectivity index (χ2v) is 18.1. The molecule has 0 rings (SSSR count). The van der Waals surface area contributed by atoms with Crippen molar-refractivity contribution in [2.75, 3.05) is 6.61 Å². The Balaban J connectivity index is 3.50. The second kappa shape index (κ2) is 47.8. The van der Waals surface area contributed by atoms with Crippen LogP contribution in [0.2, 0.25) is 0 Å². The summed E-state index contributed by atoms with van der Waals surface area (Å²) in [7, 11) is 0. The number of allylic oxidation sites excluding steroid dienone is 1. The third-order valence-corrected chi connectivity index (χ3v) is 12.4. The molecule has 57 heavy (non-hydrogen) atoms. The molecule has 0 fully saturated rings. The minimum atomic E-state index is -1.09. The lowest BCUT2D eigenvalue weighted by Crippen LogP contribution is -2.48. The highest BCUT2D eigenvalue weighted by Gasteiger charge is 2.22. The van der Waals surface area contributed by atoms with Crippen molar-refractivity contribution in [1.82, 2.24) is 5.32 Å². The van der Waals surface area contributed by atoms with E-state index in [0.29, 0.717) is 6.42 Å². The molecular weight excluding hydrogens is 703 g/mol. The maximum Gasteiger partial charge on any atom is 0.249 e. The minimum absolute atomic E-state index is 0.359. The Morgan fingerprint density at radius 2 is 0.684 bits per heavy atom. The molecule has 0 aliphatic carbocycles. The number of hydrogen-bond acceptors (Lipinski definition) is 4. The van der Waals surface area contributed by atoms with E-state index in [1.807, 2.05) is 6.08 Å². The predicted molar refractivity (Wildman–Crippen MR) is 250 cm³/mol. The monoisotopic (exact) mass is 806 g/mol. The first-order valence-electron chi connectivity index (χ1n) is 26.0. The topological polar surface area (TPSA) is 89.8 Å². The summed E-state index contributed by atoms with van der Waals surface area (Å²) in [6.45, 7) is 4.21. The van der Waals surface area contributed by atoms with Gasteiger partial charge in [0.15, 0.2) is 0 Å². The van der Waals surface area contributed by atoms with Gasteiger partial charge in [0.05, 0.1) is 18.8 Å². The number of aliphatic hydroxyl groups is 3. The third-order valence-electron chi connectivity index (χ3n) is 12.4. The molecule has 0 bridgehead atoms. The summed E-state index contributed by atoms with van der Waals surface area (Å²) in [6.07, 6.45) is 58.5. The van der Waals surface area contributed by atoms with E-state index in [0.717, 1.165) is 32.1 Å². The van der Waals surface area contributed by atoms with E-state index in [2.05, 4.69) is 19.2 Å². The van der Waals surface area contributed by atoms with E-state index in [4.69, 9.17) is 0 Å². The summed E-state index contributed by atoms with van der Waals surface area (Å²) in [6, 6.07) is -0.793. The van der Waals surface area contributed by atoms with Gasteiger partial charge in [0.1, 0.15) is 6.10 Å². The van der Waals surface area contributed by atoms with Crippen LogP contribution >= 0.6 is 0 Å². The van der Waals surface area contributed by atoms with Crippen LogP contribution in [0.5, 0.6) is 0 Å². The number of amides is 1. The lowest BCUT2D eigenvalue weighted by atomic mass is 10.0. The summed E-state index contributed by atoms with van der Waals surface area (Å²) < 4.78 is 0. The molecule has 0 saturated heterocycles. The van der Waals surface area contributed by atoms with Crippen LogP contribution in [0.4, 0.5) is 0 Å². The zero-order chi connectivity index (χ0) is 41.5. The minimum Gasteiger partial charge on any atom is -0.394 e. The zero-order valence-corrected chi connectivity index (χ0v) is 38.7. The van der Waals surface area contributed by atoms with Gasteiger partial charge in [0.2, 0.25) is 5.91 Å². The number of unbranched alkanes of at least 4 members (excludes halogenated alkanes) is 40. The van der Waals surface area contributed by atoms with Gasteiger partial charge in [-0.3, -0.25) is 4.79 Å². The maximum absolute atomic E-state index is 12.5. The summed E-state index contributed by atoms with van der Waals surface area (Å²) >= 11 is 0. The van der Waals surface area contributed by atoms with E-state index < -0.39 is 24.2 Å². The summed E-state index contributed by atoms with van der Waals surface area (Å²) in [4.78, 5) is 12.5. The van der Waals surface area contributed by atoms with Gasteiger partial charge in [-0.25, -0.2) is 0 Å². The fourth-order valence-corrected chi connectivity index (χ4v) is 8.31. The summed E-state index contributed by atoms with van der Waals surface area (Å²) in [5, 5.41) is 33.2. The van der Waals surface area contributed by atoms with Crippen LogP contribution in [0, 0.1) is 0 Å². The second-order valence-electron chi connectivity index (χ2n) is 18.1. The molecule has 5 nitrogen and oxygen atoms in total. The van der Waals surface area contributed by atoms with E-state index >= 15 is 0 Å². The fourth-order valence-electron chi connectivity index (χ4n) is 8.31. The highest BCUT2D eigenvalue weighted by atomic mass is 16.3. The number of nitrogens with one attached hydrogen (secondary N) is 1. The molecule has 3 atom stereocenters. The smallest absolute Gasteiger partial charge is 0.249 e. The van der Waals surface area contributed by atoms with E-state index in [1.165, 1.54) is 238 Å². The Kier molecular flexibility index (Phi) is 47.0. The van der Waals surface area contributed by atoms with Crippen LogP contribution in [-0.2, 0) is 4.79 Å². The largest absolute Gasteiger partial charge is 0.394 e. The van der Waals surface area contributed by atoms with Gasteiger partial charge in [-0.05, 0) is 19.3 Å². The lowest BCUT2D eigenvalue weighted by molar-refractivity contribution is -0.131. The molecule has 0 aliphatic heterocycles. The van der Waals surface area contributed by atoms with Gasteiger partial charge < -0.3 is 20.6 Å². The standard InChI is InChI=1S/C52H103NO4/c1-3-5-7-9-11-13-15-17-19-20-21-22-23-24-25-26-27-28-29-30-31-32-33-35-37-39-41-43-45-47-51(56)52(57)53-49(48-54)50(55)46-44-42-40-38-36-34-18-16-14-12-10-8-6-4-2/h44,46,49-51,54-56H,3-43,45,47-48H2,1-2H3,(H,53,57)/b46-44+. The van der Waals surface area contributed by atoms with Crippen LogP contribution < -0.4 is 5.32 Å². The molecule has 340 valence electrons. The molecule has 0 saturated carbocycles.